The molecular formula is C16H21N3O4. The maximum atomic E-state index is 11.8. The number of methoxy groups -OCH3 is 2. The normalized spacial score (nSPS) is 12.2. The Morgan fingerprint density at radius 3 is 2.74 bits per heavy atom. The van der Waals surface area contributed by atoms with Gasteiger partial charge in [-0.15, -0.1) is 0 Å². The van der Waals surface area contributed by atoms with Gasteiger partial charge in [-0.1, -0.05) is 12.1 Å². The van der Waals surface area contributed by atoms with E-state index in [4.69, 9.17) is 9.47 Å². The number of carboxylic acid groups (broad SMARTS) is 1. The third-order valence-electron chi connectivity index (χ3n) is 3.67. The number of carboxylic acids is 1. The molecule has 0 radical (unpaired) electrons. The number of para-hydroxylation sites is 1. The second kappa shape index (κ2) is 7.64. The molecular weight excluding hydrogens is 298 g/mol. The number of imidazole rings is 1. The van der Waals surface area contributed by atoms with Crippen LogP contribution in [-0.2, 0) is 11.3 Å². The van der Waals surface area contributed by atoms with Gasteiger partial charge in [0.2, 0.25) is 0 Å². The van der Waals surface area contributed by atoms with Gasteiger partial charge in [0.15, 0.2) is 11.5 Å². The molecule has 0 amide bonds. The summed E-state index contributed by atoms with van der Waals surface area (Å²) in [5.41, 5.74) is 0.562. The van der Waals surface area contributed by atoms with Crippen LogP contribution in [-0.4, -0.2) is 53.3 Å². The predicted molar refractivity (Wildman–Crippen MR) is 84.8 cm³/mol. The van der Waals surface area contributed by atoms with Gasteiger partial charge < -0.3 is 19.1 Å². The molecule has 0 saturated carbocycles. The number of benzene rings is 1. The quantitative estimate of drug-likeness (QED) is 0.797. The standard InChI is InChI=1S/C16H21N3O4/c1-18(9-10-19-8-7-17-11-19)14(16(20)21)12-5-4-6-13(22-2)15(12)23-3/h4-8,11,14H,9-10H2,1-3H3,(H,20,21). The molecule has 0 bridgehead atoms. The van der Waals surface area contributed by atoms with Gasteiger partial charge in [0, 0.05) is 31.0 Å². The lowest BCUT2D eigenvalue weighted by Gasteiger charge is -2.26. The SMILES string of the molecule is COc1cccc(C(C(=O)O)N(C)CCn2ccnc2)c1OC. The van der Waals surface area contributed by atoms with Crippen molar-refractivity contribution in [3.63, 3.8) is 0 Å². The zero-order valence-electron chi connectivity index (χ0n) is 13.5. The van der Waals surface area contributed by atoms with Crippen molar-refractivity contribution in [2.24, 2.45) is 0 Å². The Morgan fingerprint density at radius 1 is 1.39 bits per heavy atom. The lowest BCUT2D eigenvalue weighted by molar-refractivity contribution is -0.143. The summed E-state index contributed by atoms with van der Waals surface area (Å²) in [4.78, 5) is 17.6. The van der Waals surface area contributed by atoms with E-state index in [1.165, 1.54) is 14.2 Å². The number of hydrogen-bond donors (Lipinski definition) is 1. The summed E-state index contributed by atoms with van der Waals surface area (Å²) in [7, 11) is 4.81. The van der Waals surface area contributed by atoms with Crippen molar-refractivity contribution in [2.75, 3.05) is 27.8 Å². The predicted octanol–water partition coefficient (Wildman–Crippen LogP) is 1.66. The third kappa shape index (κ3) is 3.81. The molecule has 0 aliphatic carbocycles. The van der Waals surface area contributed by atoms with Crippen LogP contribution in [0.1, 0.15) is 11.6 Å². The number of nitrogens with zero attached hydrogens (tertiary/aromatic N) is 3. The molecule has 7 heteroatoms. The smallest absolute Gasteiger partial charge is 0.325 e. The average Bonchev–Trinajstić information content (AvgIpc) is 3.05. The summed E-state index contributed by atoms with van der Waals surface area (Å²) in [6.07, 6.45) is 5.24. The Kier molecular flexibility index (Phi) is 5.59. The molecule has 23 heavy (non-hydrogen) atoms. The molecule has 1 heterocycles. The lowest BCUT2D eigenvalue weighted by atomic mass is 10.0. The van der Waals surface area contributed by atoms with E-state index in [-0.39, 0.29) is 0 Å². The Labute approximate surface area is 135 Å². The van der Waals surface area contributed by atoms with Crippen LogP contribution in [0.4, 0.5) is 0 Å². The summed E-state index contributed by atoms with van der Waals surface area (Å²) in [5.74, 6) is 0.0147. The van der Waals surface area contributed by atoms with Crippen LogP contribution in [0.15, 0.2) is 36.9 Å². The van der Waals surface area contributed by atoms with Crippen LogP contribution >= 0.6 is 0 Å². The minimum absolute atomic E-state index is 0.442. The van der Waals surface area contributed by atoms with Crippen molar-refractivity contribution in [3.05, 3.63) is 42.5 Å². The molecule has 2 rings (SSSR count). The van der Waals surface area contributed by atoms with Crippen LogP contribution in [0.5, 0.6) is 11.5 Å². The molecule has 1 unspecified atom stereocenters. The lowest BCUT2D eigenvalue weighted by Crippen LogP contribution is -2.33. The zero-order valence-corrected chi connectivity index (χ0v) is 13.5. The number of carbonyl (C=O) groups is 1. The van der Waals surface area contributed by atoms with E-state index in [9.17, 15) is 9.90 Å². The molecule has 124 valence electrons. The summed E-state index contributed by atoms with van der Waals surface area (Å²) >= 11 is 0. The maximum absolute atomic E-state index is 11.8. The highest BCUT2D eigenvalue weighted by Gasteiger charge is 2.29. The van der Waals surface area contributed by atoms with Crippen molar-refractivity contribution in [1.82, 2.24) is 14.5 Å². The number of hydrogen-bond acceptors (Lipinski definition) is 5. The Balaban J connectivity index is 2.25. The monoisotopic (exact) mass is 319 g/mol. The van der Waals surface area contributed by atoms with Gasteiger partial charge in [-0.25, -0.2) is 4.98 Å². The fraction of sp³-hybridized carbons (Fsp3) is 0.375. The summed E-state index contributed by atoms with van der Waals surface area (Å²) in [6.45, 7) is 1.19. The van der Waals surface area contributed by atoms with Crippen LogP contribution in [0.25, 0.3) is 0 Å². The number of aliphatic carboxylic acids is 1. The van der Waals surface area contributed by atoms with E-state index in [0.29, 0.717) is 30.2 Å². The van der Waals surface area contributed by atoms with Gasteiger partial charge in [-0.05, 0) is 13.1 Å². The van der Waals surface area contributed by atoms with Crippen LogP contribution in [0, 0.1) is 0 Å². The highest BCUT2D eigenvalue weighted by Crippen LogP contribution is 2.36. The molecule has 1 atom stereocenters. The number of rotatable bonds is 8. The molecule has 1 aromatic heterocycles. The van der Waals surface area contributed by atoms with Crippen molar-refractivity contribution in [2.45, 2.75) is 12.6 Å². The number of ether oxygens (including phenoxy) is 2. The topological polar surface area (TPSA) is 76.8 Å². The van der Waals surface area contributed by atoms with Gasteiger partial charge in [0.05, 0.1) is 20.5 Å². The second-order valence-corrected chi connectivity index (χ2v) is 5.10. The molecule has 0 aliphatic heterocycles. The molecule has 2 aromatic rings. The zero-order chi connectivity index (χ0) is 16.8. The molecule has 1 N–H and O–H groups in total. The van der Waals surface area contributed by atoms with Crippen molar-refractivity contribution in [1.29, 1.82) is 0 Å². The summed E-state index contributed by atoms with van der Waals surface area (Å²) in [6, 6.07) is 4.42. The highest BCUT2D eigenvalue weighted by atomic mass is 16.5. The van der Waals surface area contributed by atoms with E-state index in [1.54, 1.807) is 42.7 Å². The maximum Gasteiger partial charge on any atom is 0.325 e. The summed E-state index contributed by atoms with van der Waals surface area (Å²) in [5, 5.41) is 9.68. The molecule has 1 aromatic carbocycles. The van der Waals surface area contributed by atoms with Crippen LogP contribution < -0.4 is 9.47 Å². The highest BCUT2D eigenvalue weighted by molar-refractivity contribution is 5.77. The molecule has 0 fully saturated rings. The number of likely N-dealkylation sites (N-methyl/N-ethyl adjacent to an activating group) is 1. The van der Waals surface area contributed by atoms with E-state index in [0.717, 1.165) is 0 Å². The fourth-order valence-corrected chi connectivity index (χ4v) is 2.51. The fourth-order valence-electron chi connectivity index (χ4n) is 2.51. The van der Waals surface area contributed by atoms with Gasteiger partial charge in [0.25, 0.3) is 0 Å². The molecule has 7 nitrogen and oxygen atoms in total. The minimum atomic E-state index is -0.940. The average molecular weight is 319 g/mol. The van der Waals surface area contributed by atoms with Gasteiger partial charge in [-0.3, -0.25) is 9.69 Å². The summed E-state index contributed by atoms with van der Waals surface area (Å²) < 4.78 is 12.5. The van der Waals surface area contributed by atoms with Crippen LogP contribution in [0.3, 0.4) is 0 Å². The van der Waals surface area contributed by atoms with E-state index in [2.05, 4.69) is 4.98 Å². The second-order valence-electron chi connectivity index (χ2n) is 5.10. The van der Waals surface area contributed by atoms with Crippen molar-refractivity contribution >= 4 is 5.97 Å². The Morgan fingerprint density at radius 2 is 2.17 bits per heavy atom. The third-order valence-corrected chi connectivity index (χ3v) is 3.67. The van der Waals surface area contributed by atoms with E-state index >= 15 is 0 Å². The number of aromatic nitrogens is 2. The van der Waals surface area contributed by atoms with Gasteiger partial charge >= 0.3 is 5.97 Å². The first-order valence-corrected chi connectivity index (χ1v) is 7.18. The molecule has 0 saturated heterocycles. The van der Waals surface area contributed by atoms with E-state index < -0.39 is 12.0 Å². The minimum Gasteiger partial charge on any atom is -0.493 e. The van der Waals surface area contributed by atoms with Gasteiger partial charge in [0.1, 0.15) is 6.04 Å². The first kappa shape index (κ1) is 16.8. The first-order chi connectivity index (χ1) is 11.1. The first-order valence-electron chi connectivity index (χ1n) is 7.18. The van der Waals surface area contributed by atoms with Crippen molar-refractivity contribution in [3.8, 4) is 11.5 Å². The molecule has 0 spiro atoms. The van der Waals surface area contributed by atoms with Gasteiger partial charge in [-0.2, -0.15) is 0 Å². The largest absolute Gasteiger partial charge is 0.493 e. The van der Waals surface area contributed by atoms with E-state index in [1.807, 2.05) is 10.8 Å². The Hall–Kier alpha value is -2.54. The van der Waals surface area contributed by atoms with Crippen molar-refractivity contribution < 1.29 is 19.4 Å². The Bertz CT molecular complexity index is 643. The molecule has 0 aliphatic rings. The van der Waals surface area contributed by atoms with Crippen LogP contribution in [0.2, 0.25) is 0 Å².